The first kappa shape index (κ1) is 13.1. The smallest absolute Gasteiger partial charge is 0.143 e. The topological polar surface area (TPSA) is 39.9 Å². The van der Waals surface area contributed by atoms with Crippen LogP contribution in [0, 0.1) is 5.82 Å². The third-order valence-electron chi connectivity index (χ3n) is 2.73. The quantitative estimate of drug-likeness (QED) is 0.743. The summed E-state index contributed by atoms with van der Waals surface area (Å²) in [6.07, 6.45) is 0. The lowest BCUT2D eigenvalue weighted by Gasteiger charge is -2.07. The first-order valence-corrected chi connectivity index (χ1v) is 6.47. The number of hydrogen-bond acceptors (Lipinski definition) is 3. The Labute approximate surface area is 123 Å². The lowest BCUT2D eigenvalue weighted by atomic mass is 10.2. The van der Waals surface area contributed by atoms with Crippen molar-refractivity contribution in [3.63, 3.8) is 0 Å². The van der Waals surface area contributed by atoms with Gasteiger partial charge in [0.05, 0.1) is 5.02 Å². The molecule has 0 amide bonds. The van der Waals surface area contributed by atoms with Gasteiger partial charge in [0.2, 0.25) is 0 Å². The molecule has 0 atom stereocenters. The average Bonchev–Trinajstić information content (AvgIpc) is 2.80. The lowest BCUT2D eigenvalue weighted by Crippen LogP contribution is -2.13. The monoisotopic (exact) mass is 311 g/mol. The van der Waals surface area contributed by atoms with Gasteiger partial charge in [-0.05, 0) is 35.5 Å². The minimum Gasteiger partial charge on any atom is -0.390 e. The Morgan fingerprint density at radius 3 is 2.80 bits per heavy atom. The maximum Gasteiger partial charge on any atom is 0.143 e. The molecule has 0 saturated carbocycles. The Hall–Kier alpha value is -1.85. The van der Waals surface area contributed by atoms with E-state index in [0.29, 0.717) is 26.6 Å². The summed E-state index contributed by atoms with van der Waals surface area (Å²) < 4.78 is 12.9. The Bertz CT molecular complexity index is 775. The molecule has 0 aliphatic rings. The van der Waals surface area contributed by atoms with E-state index in [1.807, 2.05) is 0 Å². The second kappa shape index (κ2) is 5.26. The van der Waals surface area contributed by atoms with E-state index in [9.17, 15) is 4.39 Å². The van der Waals surface area contributed by atoms with Crippen LogP contribution in [0.5, 0.6) is 0 Å². The summed E-state index contributed by atoms with van der Waals surface area (Å²) in [6.45, 7) is 0.143. The molecule has 0 aliphatic carbocycles. The summed E-state index contributed by atoms with van der Waals surface area (Å²) in [7, 11) is 0. The van der Waals surface area contributed by atoms with Crippen LogP contribution in [0.4, 0.5) is 4.39 Å². The van der Waals surface area contributed by atoms with E-state index in [4.69, 9.17) is 28.0 Å². The van der Waals surface area contributed by atoms with Gasteiger partial charge in [-0.3, -0.25) is 0 Å². The summed E-state index contributed by atoms with van der Waals surface area (Å²) in [5.74, 6) is -0.392. The third-order valence-corrected chi connectivity index (χ3v) is 3.32. The van der Waals surface area contributed by atoms with Gasteiger partial charge in [-0.1, -0.05) is 34.1 Å². The first-order valence-electron chi connectivity index (χ1n) is 5.72. The molecule has 0 unspecified atom stereocenters. The van der Waals surface area contributed by atoms with E-state index in [-0.39, 0.29) is 6.61 Å². The molecule has 0 aliphatic heterocycles. The average molecular weight is 312 g/mol. The molecule has 0 spiro atoms. The molecule has 102 valence electrons. The number of benzene rings is 2. The SMILES string of the molecule is Fc1ccc(COn2nnc3ccc(Cl)cc32)c(Cl)c1. The van der Waals surface area contributed by atoms with E-state index >= 15 is 0 Å². The molecule has 4 nitrogen and oxygen atoms in total. The zero-order valence-electron chi connectivity index (χ0n) is 10.1. The lowest BCUT2D eigenvalue weighted by molar-refractivity contribution is 0.0752. The van der Waals surface area contributed by atoms with E-state index in [1.54, 1.807) is 24.3 Å². The molecule has 3 rings (SSSR count). The van der Waals surface area contributed by atoms with Crippen LogP contribution in [0.25, 0.3) is 11.0 Å². The van der Waals surface area contributed by atoms with Crippen molar-refractivity contribution in [1.82, 2.24) is 15.2 Å². The van der Waals surface area contributed by atoms with Gasteiger partial charge >= 0.3 is 0 Å². The zero-order chi connectivity index (χ0) is 14.1. The van der Waals surface area contributed by atoms with Crippen molar-refractivity contribution < 1.29 is 9.23 Å². The zero-order valence-corrected chi connectivity index (χ0v) is 11.6. The van der Waals surface area contributed by atoms with E-state index in [0.717, 1.165) is 0 Å². The van der Waals surface area contributed by atoms with Crippen LogP contribution in [-0.4, -0.2) is 15.2 Å². The predicted octanol–water partition coefficient (Wildman–Crippen LogP) is 3.51. The van der Waals surface area contributed by atoms with Crippen LogP contribution in [0.2, 0.25) is 10.0 Å². The molecule has 0 N–H and O–H groups in total. The van der Waals surface area contributed by atoms with Crippen molar-refractivity contribution in [3.8, 4) is 0 Å². The van der Waals surface area contributed by atoms with Crippen LogP contribution in [0.15, 0.2) is 36.4 Å². The molecule has 1 heterocycles. The summed E-state index contributed by atoms with van der Waals surface area (Å²) in [6, 6.07) is 9.28. The second-order valence-electron chi connectivity index (χ2n) is 4.10. The van der Waals surface area contributed by atoms with Gasteiger partial charge in [-0.25, -0.2) is 4.39 Å². The van der Waals surface area contributed by atoms with Crippen LogP contribution >= 0.6 is 23.2 Å². The summed E-state index contributed by atoms with van der Waals surface area (Å²) in [5, 5.41) is 8.67. The highest BCUT2D eigenvalue weighted by molar-refractivity contribution is 6.31. The van der Waals surface area contributed by atoms with Crippen molar-refractivity contribution in [2.75, 3.05) is 0 Å². The molecule has 7 heteroatoms. The highest BCUT2D eigenvalue weighted by Crippen LogP contribution is 2.19. The van der Waals surface area contributed by atoms with Crippen molar-refractivity contribution in [3.05, 3.63) is 57.8 Å². The molecular formula is C13H8Cl2FN3O. The molecule has 0 radical (unpaired) electrons. The molecular weight excluding hydrogens is 304 g/mol. The first-order chi connectivity index (χ1) is 9.63. The Balaban J connectivity index is 1.85. The Morgan fingerprint density at radius 1 is 1.15 bits per heavy atom. The molecule has 1 aromatic heterocycles. The largest absolute Gasteiger partial charge is 0.390 e. The van der Waals surface area contributed by atoms with Crippen LogP contribution in [0.1, 0.15) is 5.56 Å². The number of fused-ring (bicyclic) bond motifs is 1. The highest BCUT2D eigenvalue weighted by Gasteiger charge is 2.08. The van der Waals surface area contributed by atoms with Crippen LogP contribution in [-0.2, 0) is 6.61 Å². The maximum absolute atomic E-state index is 12.9. The minimum absolute atomic E-state index is 0.143. The van der Waals surface area contributed by atoms with Gasteiger partial charge in [0.15, 0.2) is 0 Å². The van der Waals surface area contributed by atoms with Crippen LogP contribution in [0.3, 0.4) is 0 Å². The normalized spacial score (nSPS) is 10.9. The predicted molar refractivity (Wildman–Crippen MR) is 74.2 cm³/mol. The van der Waals surface area contributed by atoms with Crippen molar-refractivity contribution >= 4 is 34.2 Å². The van der Waals surface area contributed by atoms with Gasteiger partial charge < -0.3 is 4.84 Å². The minimum atomic E-state index is -0.392. The Kier molecular flexibility index (Phi) is 3.46. The molecule has 2 aromatic carbocycles. The fourth-order valence-corrected chi connectivity index (χ4v) is 2.12. The van der Waals surface area contributed by atoms with Crippen molar-refractivity contribution in [2.45, 2.75) is 6.61 Å². The van der Waals surface area contributed by atoms with Gasteiger partial charge in [-0.2, -0.15) is 0 Å². The highest BCUT2D eigenvalue weighted by atomic mass is 35.5. The van der Waals surface area contributed by atoms with Crippen molar-refractivity contribution in [1.29, 1.82) is 0 Å². The summed E-state index contributed by atoms with van der Waals surface area (Å²) >= 11 is 11.8. The van der Waals surface area contributed by atoms with Gasteiger partial charge in [0.25, 0.3) is 0 Å². The van der Waals surface area contributed by atoms with E-state index in [2.05, 4.69) is 10.3 Å². The van der Waals surface area contributed by atoms with Gasteiger partial charge in [-0.15, -0.1) is 5.10 Å². The molecule has 20 heavy (non-hydrogen) atoms. The molecule has 0 bridgehead atoms. The van der Waals surface area contributed by atoms with Crippen molar-refractivity contribution in [2.24, 2.45) is 0 Å². The molecule has 3 aromatic rings. The van der Waals surface area contributed by atoms with Gasteiger partial charge in [0.1, 0.15) is 23.5 Å². The summed E-state index contributed by atoms with van der Waals surface area (Å²) in [4.78, 5) is 6.76. The number of aromatic nitrogens is 3. The van der Waals surface area contributed by atoms with E-state index < -0.39 is 5.82 Å². The second-order valence-corrected chi connectivity index (χ2v) is 4.95. The Morgan fingerprint density at radius 2 is 2.00 bits per heavy atom. The van der Waals surface area contributed by atoms with Gasteiger partial charge in [0, 0.05) is 10.6 Å². The molecule has 0 saturated heterocycles. The third kappa shape index (κ3) is 2.55. The number of rotatable bonds is 3. The standard InChI is InChI=1S/C13H8Cl2FN3O/c14-9-2-4-12-13(5-9)19(18-17-12)20-7-8-1-3-10(16)6-11(8)15/h1-6H,7H2. The number of halogens is 3. The van der Waals surface area contributed by atoms with E-state index in [1.165, 1.54) is 17.0 Å². The van der Waals surface area contributed by atoms with Crippen LogP contribution < -0.4 is 4.84 Å². The summed E-state index contributed by atoms with van der Waals surface area (Å²) in [5.41, 5.74) is 1.97. The number of nitrogens with zero attached hydrogens (tertiary/aromatic N) is 3. The maximum atomic E-state index is 12.9. The fraction of sp³-hybridized carbons (Fsp3) is 0.0769. The molecule has 0 fully saturated rings. The number of hydrogen-bond donors (Lipinski definition) is 0. The fourth-order valence-electron chi connectivity index (χ4n) is 1.74.